The number of benzene rings is 3. The van der Waals surface area contributed by atoms with Crippen LogP contribution in [-0.4, -0.2) is 60.8 Å². The van der Waals surface area contributed by atoms with E-state index in [1.165, 1.54) is 5.56 Å². The highest BCUT2D eigenvalue weighted by Gasteiger charge is 2.30. The lowest BCUT2D eigenvalue weighted by molar-refractivity contribution is -0.137. The highest BCUT2D eigenvalue weighted by molar-refractivity contribution is 5.86. The number of ether oxygens (including phenoxy) is 1. The first-order valence-electron chi connectivity index (χ1n) is 13.3. The molecule has 204 valence electrons. The van der Waals surface area contributed by atoms with Crippen molar-refractivity contribution in [2.24, 2.45) is 0 Å². The first-order chi connectivity index (χ1) is 18.9. The summed E-state index contributed by atoms with van der Waals surface area (Å²) in [5, 5.41) is 14.5. The number of carboxylic acids is 1. The molecule has 3 aromatic rings. The van der Waals surface area contributed by atoms with E-state index < -0.39 is 24.0 Å². The topological polar surface area (TPSA) is 108 Å². The van der Waals surface area contributed by atoms with Gasteiger partial charge in [-0.25, -0.2) is 4.79 Å². The Hall–Kier alpha value is -4.17. The number of amides is 2. The van der Waals surface area contributed by atoms with Crippen LogP contribution in [-0.2, 0) is 20.9 Å². The standard InChI is InChI=1S/C31H35N3O5/c1-34(20-22-10-3-2-4-11-22)19-9-18-32-30(37)28(16-17-29(35)36)33-31(38)39-21-27-25-14-7-5-12-23(25)24-13-6-8-15-26(24)27/h2-8,10-15,27-28H,9,16-21H2,1H3,(H,32,37)(H,33,38)(H,35,36). The van der Waals surface area contributed by atoms with Crippen molar-refractivity contribution in [3.05, 3.63) is 95.6 Å². The molecule has 8 nitrogen and oxygen atoms in total. The number of hydrogen-bond acceptors (Lipinski definition) is 5. The molecule has 3 N–H and O–H groups in total. The van der Waals surface area contributed by atoms with Gasteiger partial charge in [0.05, 0.1) is 0 Å². The van der Waals surface area contributed by atoms with Gasteiger partial charge in [-0.2, -0.15) is 0 Å². The van der Waals surface area contributed by atoms with Crippen molar-refractivity contribution in [3.8, 4) is 11.1 Å². The molecule has 0 radical (unpaired) electrons. The Morgan fingerprint density at radius 1 is 0.923 bits per heavy atom. The van der Waals surface area contributed by atoms with Crippen LogP contribution in [0.25, 0.3) is 11.1 Å². The van der Waals surface area contributed by atoms with Gasteiger partial charge in [0.15, 0.2) is 0 Å². The van der Waals surface area contributed by atoms with Gasteiger partial charge < -0.3 is 25.4 Å². The van der Waals surface area contributed by atoms with E-state index in [9.17, 15) is 14.4 Å². The Morgan fingerprint density at radius 2 is 1.54 bits per heavy atom. The third-order valence-corrected chi connectivity index (χ3v) is 6.91. The molecule has 1 aliphatic carbocycles. The second-order valence-electron chi connectivity index (χ2n) is 9.82. The fourth-order valence-corrected chi connectivity index (χ4v) is 4.98. The monoisotopic (exact) mass is 529 g/mol. The van der Waals surface area contributed by atoms with Gasteiger partial charge in [0, 0.05) is 25.4 Å². The maximum Gasteiger partial charge on any atom is 0.407 e. The lowest BCUT2D eigenvalue weighted by atomic mass is 9.98. The molecule has 0 spiro atoms. The van der Waals surface area contributed by atoms with Crippen molar-refractivity contribution in [2.75, 3.05) is 26.7 Å². The number of aliphatic carboxylic acids is 1. The van der Waals surface area contributed by atoms with Crippen molar-refractivity contribution in [2.45, 2.75) is 37.8 Å². The highest BCUT2D eigenvalue weighted by Crippen LogP contribution is 2.44. The molecular formula is C31H35N3O5. The van der Waals surface area contributed by atoms with Crippen LogP contribution in [0.1, 0.15) is 41.9 Å². The quantitative estimate of drug-likeness (QED) is 0.283. The van der Waals surface area contributed by atoms with Crippen molar-refractivity contribution in [1.82, 2.24) is 15.5 Å². The van der Waals surface area contributed by atoms with Crippen molar-refractivity contribution in [3.63, 3.8) is 0 Å². The van der Waals surface area contributed by atoms with Gasteiger partial charge in [-0.1, -0.05) is 78.9 Å². The molecule has 0 saturated heterocycles. The van der Waals surface area contributed by atoms with E-state index in [2.05, 4.69) is 39.8 Å². The molecule has 0 heterocycles. The van der Waals surface area contributed by atoms with Gasteiger partial charge in [0.2, 0.25) is 5.91 Å². The number of hydrogen-bond donors (Lipinski definition) is 3. The minimum Gasteiger partial charge on any atom is -0.481 e. The predicted octanol–water partition coefficient (Wildman–Crippen LogP) is 4.40. The van der Waals surface area contributed by atoms with Crippen LogP contribution < -0.4 is 10.6 Å². The summed E-state index contributed by atoms with van der Waals surface area (Å²) in [5.41, 5.74) is 5.63. The lowest BCUT2D eigenvalue weighted by Crippen LogP contribution is -2.47. The lowest BCUT2D eigenvalue weighted by Gasteiger charge is -2.20. The highest BCUT2D eigenvalue weighted by atomic mass is 16.5. The Kier molecular flexibility index (Phi) is 9.69. The summed E-state index contributed by atoms with van der Waals surface area (Å²) in [7, 11) is 2.02. The maximum atomic E-state index is 12.8. The van der Waals surface area contributed by atoms with E-state index in [1.807, 2.05) is 61.6 Å². The van der Waals surface area contributed by atoms with Crippen molar-refractivity contribution < 1.29 is 24.2 Å². The molecule has 0 bridgehead atoms. The molecule has 0 aromatic heterocycles. The maximum absolute atomic E-state index is 12.8. The van der Waals surface area contributed by atoms with E-state index in [-0.39, 0.29) is 25.4 Å². The summed E-state index contributed by atoms with van der Waals surface area (Å²) in [6.45, 7) is 2.10. The molecule has 0 aliphatic heterocycles. The number of nitrogens with zero attached hydrogens (tertiary/aromatic N) is 1. The molecule has 0 saturated carbocycles. The normalized spacial score (nSPS) is 12.9. The minimum atomic E-state index is -1.04. The summed E-state index contributed by atoms with van der Waals surface area (Å²) < 4.78 is 5.56. The molecule has 3 aromatic carbocycles. The van der Waals surface area contributed by atoms with E-state index in [0.717, 1.165) is 35.3 Å². The Bertz CT molecular complexity index is 1230. The number of alkyl carbamates (subject to hydrolysis) is 1. The number of fused-ring (bicyclic) bond motifs is 3. The molecule has 1 aliphatic rings. The van der Waals surface area contributed by atoms with E-state index in [1.54, 1.807) is 0 Å². The van der Waals surface area contributed by atoms with Crippen LogP contribution in [0.2, 0.25) is 0 Å². The molecule has 1 atom stereocenters. The fraction of sp³-hybridized carbons (Fsp3) is 0.323. The summed E-state index contributed by atoms with van der Waals surface area (Å²) in [6.07, 6.45) is -0.308. The van der Waals surface area contributed by atoms with Gasteiger partial charge in [-0.05, 0) is 54.3 Å². The molecule has 2 amide bonds. The number of rotatable bonds is 13. The van der Waals surface area contributed by atoms with Crippen LogP contribution >= 0.6 is 0 Å². The predicted molar refractivity (Wildman–Crippen MR) is 149 cm³/mol. The largest absolute Gasteiger partial charge is 0.481 e. The van der Waals surface area contributed by atoms with Crippen LogP contribution in [0.5, 0.6) is 0 Å². The zero-order valence-corrected chi connectivity index (χ0v) is 22.1. The van der Waals surface area contributed by atoms with Gasteiger partial charge in [-0.3, -0.25) is 9.59 Å². The smallest absolute Gasteiger partial charge is 0.407 e. The second kappa shape index (κ2) is 13.6. The number of carbonyl (C=O) groups is 3. The zero-order valence-electron chi connectivity index (χ0n) is 22.1. The first-order valence-corrected chi connectivity index (χ1v) is 13.3. The van der Waals surface area contributed by atoms with Crippen molar-refractivity contribution >= 4 is 18.0 Å². The fourth-order valence-electron chi connectivity index (χ4n) is 4.98. The van der Waals surface area contributed by atoms with E-state index in [0.29, 0.717) is 13.0 Å². The summed E-state index contributed by atoms with van der Waals surface area (Å²) in [6, 6.07) is 25.2. The van der Waals surface area contributed by atoms with Gasteiger partial charge in [0.1, 0.15) is 12.6 Å². The summed E-state index contributed by atoms with van der Waals surface area (Å²) in [5.74, 6) is -1.57. The third-order valence-electron chi connectivity index (χ3n) is 6.91. The van der Waals surface area contributed by atoms with Crippen LogP contribution in [0, 0.1) is 0 Å². The zero-order chi connectivity index (χ0) is 27.6. The van der Waals surface area contributed by atoms with E-state index in [4.69, 9.17) is 9.84 Å². The molecule has 0 fully saturated rings. The molecule has 8 heteroatoms. The number of carbonyl (C=O) groups excluding carboxylic acids is 2. The van der Waals surface area contributed by atoms with Gasteiger partial charge >= 0.3 is 12.1 Å². The van der Waals surface area contributed by atoms with Crippen LogP contribution in [0.3, 0.4) is 0 Å². The molecule has 39 heavy (non-hydrogen) atoms. The molecule has 4 rings (SSSR count). The number of nitrogens with one attached hydrogen (secondary N) is 2. The molecular weight excluding hydrogens is 494 g/mol. The Labute approximate surface area is 229 Å². The average molecular weight is 530 g/mol. The number of carboxylic acid groups (broad SMARTS) is 1. The van der Waals surface area contributed by atoms with E-state index >= 15 is 0 Å². The summed E-state index contributed by atoms with van der Waals surface area (Å²) in [4.78, 5) is 38.9. The second-order valence-corrected chi connectivity index (χ2v) is 9.82. The minimum absolute atomic E-state index is 0.0285. The average Bonchev–Trinajstić information content (AvgIpc) is 3.26. The third kappa shape index (κ3) is 7.67. The van der Waals surface area contributed by atoms with Crippen molar-refractivity contribution in [1.29, 1.82) is 0 Å². The Balaban J connectivity index is 1.27. The summed E-state index contributed by atoms with van der Waals surface area (Å²) >= 11 is 0. The van der Waals surface area contributed by atoms with Gasteiger partial charge in [0.25, 0.3) is 0 Å². The van der Waals surface area contributed by atoms with Crippen LogP contribution in [0.15, 0.2) is 78.9 Å². The first kappa shape index (κ1) is 27.9. The van der Waals surface area contributed by atoms with Gasteiger partial charge in [-0.15, -0.1) is 0 Å². The van der Waals surface area contributed by atoms with Crippen LogP contribution in [0.4, 0.5) is 4.79 Å². The Morgan fingerprint density at radius 3 is 2.18 bits per heavy atom. The SMILES string of the molecule is CN(CCCNC(=O)C(CCC(=O)O)NC(=O)OCC1c2ccccc2-c2ccccc21)Cc1ccccc1. The molecule has 1 unspecified atom stereocenters.